The van der Waals surface area contributed by atoms with E-state index in [0.717, 1.165) is 0 Å². The van der Waals surface area contributed by atoms with Crippen molar-refractivity contribution in [2.75, 3.05) is 0 Å². The molecule has 78 valence electrons. The van der Waals surface area contributed by atoms with Crippen molar-refractivity contribution < 1.29 is 8.78 Å². The molecule has 0 amide bonds. The maximum Gasteiger partial charge on any atom is 0.145 e. The van der Waals surface area contributed by atoms with E-state index in [2.05, 4.69) is 4.98 Å². The van der Waals surface area contributed by atoms with Gasteiger partial charge in [-0.25, -0.2) is 8.78 Å². The Morgan fingerprint density at radius 2 is 1.93 bits per heavy atom. The summed E-state index contributed by atoms with van der Waals surface area (Å²) in [6.45, 7) is 3.76. The van der Waals surface area contributed by atoms with Crippen molar-refractivity contribution in [3.8, 4) is 0 Å². The molecule has 2 rings (SSSR count). The van der Waals surface area contributed by atoms with Gasteiger partial charge in [0.25, 0.3) is 0 Å². The number of hydrogen-bond donors (Lipinski definition) is 0. The first-order chi connectivity index (χ1) is 7.09. The van der Waals surface area contributed by atoms with Crippen LogP contribution in [0.2, 0.25) is 0 Å². The predicted molar refractivity (Wildman–Crippen MR) is 55.7 cm³/mol. The molecular formula is C12H11F2N. The lowest BCUT2D eigenvalue weighted by Gasteiger charge is -2.10. The lowest BCUT2D eigenvalue weighted by Crippen LogP contribution is -1.97. The van der Waals surface area contributed by atoms with Crippen LogP contribution in [0.5, 0.6) is 0 Å². The zero-order chi connectivity index (χ0) is 11.0. The molecule has 1 aromatic carbocycles. The number of pyridine rings is 1. The van der Waals surface area contributed by atoms with Crippen LogP contribution in [0, 0.1) is 11.6 Å². The summed E-state index contributed by atoms with van der Waals surface area (Å²) in [5.41, 5.74) is 1.15. The van der Waals surface area contributed by atoms with E-state index in [1.807, 2.05) is 13.8 Å². The number of nitrogens with zero attached hydrogens (tertiary/aromatic N) is 1. The van der Waals surface area contributed by atoms with Crippen molar-refractivity contribution in [2.45, 2.75) is 19.8 Å². The second-order valence-corrected chi connectivity index (χ2v) is 3.84. The molecule has 3 heteroatoms. The molecule has 1 aromatic heterocycles. The fourth-order valence-electron chi connectivity index (χ4n) is 1.75. The molecule has 0 atom stereocenters. The topological polar surface area (TPSA) is 12.9 Å². The third-order valence-corrected chi connectivity index (χ3v) is 2.40. The highest BCUT2D eigenvalue weighted by Crippen LogP contribution is 2.27. The summed E-state index contributed by atoms with van der Waals surface area (Å²) in [5, 5.41) is 0.560. The fourth-order valence-corrected chi connectivity index (χ4v) is 1.75. The summed E-state index contributed by atoms with van der Waals surface area (Å²) in [4.78, 5) is 3.92. The summed E-state index contributed by atoms with van der Waals surface area (Å²) < 4.78 is 26.6. The smallest absolute Gasteiger partial charge is 0.145 e. The normalized spacial score (nSPS) is 11.3. The standard InChI is InChI=1S/C12H11F2N/c1-7(2)12-9-5-8(13)3-4-11(9)15-6-10(12)14/h3-7H,1-2H3. The lowest BCUT2D eigenvalue weighted by molar-refractivity contribution is 0.595. The second kappa shape index (κ2) is 3.57. The van der Waals surface area contributed by atoms with Gasteiger partial charge in [-0.2, -0.15) is 0 Å². The third-order valence-electron chi connectivity index (χ3n) is 2.40. The van der Waals surface area contributed by atoms with Crippen LogP contribution in [0.15, 0.2) is 24.4 Å². The van der Waals surface area contributed by atoms with Gasteiger partial charge >= 0.3 is 0 Å². The number of aromatic nitrogens is 1. The van der Waals surface area contributed by atoms with Gasteiger partial charge in [0.2, 0.25) is 0 Å². The number of halogens is 2. The van der Waals surface area contributed by atoms with Gasteiger partial charge < -0.3 is 0 Å². The molecule has 0 aliphatic rings. The van der Waals surface area contributed by atoms with Crippen LogP contribution in [-0.2, 0) is 0 Å². The number of fused-ring (bicyclic) bond motifs is 1. The largest absolute Gasteiger partial charge is 0.253 e. The minimum Gasteiger partial charge on any atom is -0.253 e. The van der Waals surface area contributed by atoms with E-state index in [1.54, 1.807) is 6.07 Å². The molecule has 0 saturated heterocycles. The summed E-state index contributed by atoms with van der Waals surface area (Å²) in [6.07, 6.45) is 1.19. The maximum atomic E-state index is 13.5. The Balaban J connectivity index is 2.84. The number of benzene rings is 1. The van der Waals surface area contributed by atoms with E-state index in [9.17, 15) is 8.78 Å². The highest BCUT2D eigenvalue weighted by molar-refractivity contribution is 5.82. The average Bonchev–Trinajstić information content (AvgIpc) is 2.16. The minimum atomic E-state index is -0.372. The van der Waals surface area contributed by atoms with E-state index in [1.165, 1.54) is 18.3 Å². The van der Waals surface area contributed by atoms with Gasteiger partial charge in [0, 0.05) is 10.9 Å². The van der Waals surface area contributed by atoms with Gasteiger partial charge in [-0.3, -0.25) is 4.98 Å². The average molecular weight is 207 g/mol. The van der Waals surface area contributed by atoms with Crippen LogP contribution in [-0.4, -0.2) is 4.98 Å². The van der Waals surface area contributed by atoms with Crippen molar-refractivity contribution in [3.63, 3.8) is 0 Å². The molecule has 1 heterocycles. The molecule has 0 N–H and O–H groups in total. The van der Waals surface area contributed by atoms with Crippen LogP contribution >= 0.6 is 0 Å². The molecule has 1 nitrogen and oxygen atoms in total. The van der Waals surface area contributed by atoms with Crippen molar-refractivity contribution in [1.82, 2.24) is 4.98 Å². The molecule has 0 radical (unpaired) electrons. The Bertz CT molecular complexity index is 501. The van der Waals surface area contributed by atoms with E-state index in [4.69, 9.17) is 0 Å². The molecule has 0 fully saturated rings. The van der Waals surface area contributed by atoms with Crippen molar-refractivity contribution in [1.29, 1.82) is 0 Å². The summed E-state index contributed by atoms with van der Waals surface area (Å²) in [5.74, 6) is -0.725. The Morgan fingerprint density at radius 1 is 1.20 bits per heavy atom. The molecular weight excluding hydrogens is 196 g/mol. The fraction of sp³-hybridized carbons (Fsp3) is 0.250. The van der Waals surface area contributed by atoms with Crippen molar-refractivity contribution >= 4 is 10.9 Å². The predicted octanol–water partition coefficient (Wildman–Crippen LogP) is 3.64. The van der Waals surface area contributed by atoms with E-state index in [-0.39, 0.29) is 17.6 Å². The van der Waals surface area contributed by atoms with Gasteiger partial charge in [-0.05, 0) is 24.1 Å². The van der Waals surface area contributed by atoms with Crippen molar-refractivity contribution in [2.24, 2.45) is 0 Å². The molecule has 2 aromatic rings. The lowest BCUT2D eigenvalue weighted by atomic mass is 9.98. The van der Waals surface area contributed by atoms with Crippen LogP contribution in [0.3, 0.4) is 0 Å². The van der Waals surface area contributed by atoms with Gasteiger partial charge in [-0.15, -0.1) is 0 Å². The number of rotatable bonds is 1. The van der Waals surface area contributed by atoms with Crippen LogP contribution in [0.1, 0.15) is 25.3 Å². The Morgan fingerprint density at radius 3 is 2.60 bits per heavy atom. The zero-order valence-corrected chi connectivity index (χ0v) is 8.59. The molecule has 0 bridgehead atoms. The SMILES string of the molecule is CC(C)c1c(F)cnc2ccc(F)cc12. The Hall–Kier alpha value is -1.51. The van der Waals surface area contributed by atoms with Gasteiger partial charge in [0.15, 0.2) is 0 Å². The zero-order valence-electron chi connectivity index (χ0n) is 8.59. The molecule has 0 saturated carbocycles. The van der Waals surface area contributed by atoms with Crippen molar-refractivity contribution in [3.05, 3.63) is 41.6 Å². The first-order valence-corrected chi connectivity index (χ1v) is 4.83. The van der Waals surface area contributed by atoms with Gasteiger partial charge in [0.1, 0.15) is 11.6 Å². The molecule has 0 spiro atoms. The van der Waals surface area contributed by atoms with Gasteiger partial charge in [-0.1, -0.05) is 13.8 Å². The maximum absolute atomic E-state index is 13.5. The summed E-state index contributed by atoms with van der Waals surface area (Å²) >= 11 is 0. The summed E-state index contributed by atoms with van der Waals surface area (Å²) in [7, 11) is 0. The first-order valence-electron chi connectivity index (χ1n) is 4.83. The highest BCUT2D eigenvalue weighted by atomic mass is 19.1. The van der Waals surface area contributed by atoms with E-state index < -0.39 is 0 Å². The summed E-state index contributed by atoms with van der Waals surface area (Å²) in [6, 6.07) is 4.23. The number of hydrogen-bond acceptors (Lipinski definition) is 1. The molecule has 0 unspecified atom stereocenters. The van der Waals surface area contributed by atoms with E-state index >= 15 is 0 Å². The van der Waals surface area contributed by atoms with Gasteiger partial charge in [0.05, 0.1) is 11.7 Å². The molecule has 15 heavy (non-hydrogen) atoms. The van der Waals surface area contributed by atoms with Crippen LogP contribution in [0.25, 0.3) is 10.9 Å². The molecule has 0 aliphatic carbocycles. The monoisotopic (exact) mass is 207 g/mol. The third kappa shape index (κ3) is 1.69. The quantitative estimate of drug-likeness (QED) is 0.695. The highest BCUT2D eigenvalue weighted by Gasteiger charge is 2.12. The van der Waals surface area contributed by atoms with Crippen LogP contribution in [0.4, 0.5) is 8.78 Å². The van der Waals surface area contributed by atoms with Crippen LogP contribution < -0.4 is 0 Å². The Kier molecular flexibility index (Phi) is 2.39. The van der Waals surface area contributed by atoms with E-state index in [0.29, 0.717) is 16.5 Å². The Labute approximate surface area is 86.8 Å². The molecule has 0 aliphatic heterocycles. The second-order valence-electron chi connectivity index (χ2n) is 3.84. The first kappa shape index (κ1) is 10.0. The minimum absolute atomic E-state index is 0.0114.